The zero-order chi connectivity index (χ0) is 22.9. The van der Waals surface area contributed by atoms with Crippen molar-refractivity contribution in [1.29, 1.82) is 0 Å². The zero-order valence-electron chi connectivity index (χ0n) is 17.2. The van der Waals surface area contributed by atoms with E-state index in [1.807, 2.05) is 18.2 Å². The minimum Gasteiger partial charge on any atom is -0.497 e. The van der Waals surface area contributed by atoms with Crippen molar-refractivity contribution < 1.29 is 13.5 Å². The van der Waals surface area contributed by atoms with E-state index >= 15 is 0 Å². The van der Waals surface area contributed by atoms with Gasteiger partial charge in [-0.15, -0.1) is 0 Å². The number of ether oxygens (including phenoxy) is 1. The van der Waals surface area contributed by atoms with Gasteiger partial charge in [-0.2, -0.15) is 15.3 Å². The molecule has 10 heteroatoms. The van der Waals surface area contributed by atoms with Gasteiger partial charge in [0, 0.05) is 5.56 Å². The third kappa shape index (κ3) is 4.10. The predicted molar refractivity (Wildman–Crippen MR) is 118 cm³/mol. The van der Waals surface area contributed by atoms with Crippen molar-refractivity contribution in [2.75, 3.05) is 7.11 Å². The van der Waals surface area contributed by atoms with Crippen LogP contribution in [0.1, 0.15) is 5.69 Å². The molecule has 0 atom stereocenters. The molecule has 164 valence electrons. The van der Waals surface area contributed by atoms with Crippen LogP contribution < -0.4 is 4.74 Å². The second kappa shape index (κ2) is 8.51. The summed E-state index contributed by atoms with van der Waals surface area (Å²) in [6.07, 6.45) is 3.18. The fourth-order valence-electron chi connectivity index (χ4n) is 3.33. The van der Waals surface area contributed by atoms with Gasteiger partial charge < -0.3 is 4.74 Å². The number of aromatic nitrogens is 6. The van der Waals surface area contributed by atoms with Gasteiger partial charge in [-0.3, -0.25) is 4.68 Å². The van der Waals surface area contributed by atoms with Crippen molar-refractivity contribution in [2.24, 2.45) is 0 Å². The first-order valence-electron chi connectivity index (χ1n) is 9.83. The average Bonchev–Trinajstić information content (AvgIpc) is 3.24. The van der Waals surface area contributed by atoms with Gasteiger partial charge in [-0.05, 0) is 42.5 Å². The number of methoxy groups -OCH3 is 1. The number of hydrogen-bond donors (Lipinski definition) is 0. The molecule has 0 N–H and O–H groups in total. The van der Waals surface area contributed by atoms with Crippen LogP contribution in [0.3, 0.4) is 0 Å². The maximum Gasteiger partial charge on any atom is 0.169 e. The molecule has 0 amide bonds. The summed E-state index contributed by atoms with van der Waals surface area (Å²) in [5.74, 6) is -1.18. The standard InChI is InChI=1S/C23H15ClF2N6O/c1-33-14-6-7-15(17(24)9-14)19-8-5-13(30-31-19)11-32-12-21-20(10-27-32)28-23(29-21)16-3-2-4-18(25)22(16)26/h2-10,12H,11H2,1H3. The highest BCUT2D eigenvalue weighted by Crippen LogP contribution is 2.30. The third-order valence-corrected chi connectivity index (χ3v) is 5.32. The number of nitrogens with zero attached hydrogens (tertiary/aromatic N) is 6. The summed E-state index contributed by atoms with van der Waals surface area (Å²) in [5, 5.41) is 13.3. The maximum absolute atomic E-state index is 14.1. The molecule has 0 bridgehead atoms. The van der Waals surface area contributed by atoms with Gasteiger partial charge >= 0.3 is 0 Å². The van der Waals surface area contributed by atoms with E-state index in [1.54, 1.807) is 30.1 Å². The molecule has 2 aliphatic heterocycles. The van der Waals surface area contributed by atoms with E-state index in [-0.39, 0.29) is 11.4 Å². The van der Waals surface area contributed by atoms with Crippen LogP contribution in [0.2, 0.25) is 5.02 Å². The van der Waals surface area contributed by atoms with Crippen molar-refractivity contribution in [3.63, 3.8) is 0 Å². The summed E-state index contributed by atoms with van der Waals surface area (Å²) < 4.78 is 34.4. The quantitative estimate of drug-likeness (QED) is 0.368. The minimum atomic E-state index is -0.985. The molecule has 33 heavy (non-hydrogen) atoms. The molecule has 5 rings (SSSR count). The van der Waals surface area contributed by atoms with Gasteiger partial charge in [0.15, 0.2) is 17.5 Å². The van der Waals surface area contributed by atoms with Gasteiger partial charge in [-0.1, -0.05) is 17.7 Å². The number of benzene rings is 2. The molecule has 3 aromatic rings. The first-order chi connectivity index (χ1) is 16.0. The topological polar surface area (TPSA) is 78.6 Å². The highest BCUT2D eigenvalue weighted by atomic mass is 35.5. The maximum atomic E-state index is 14.1. The normalized spacial score (nSPS) is 11.2. The van der Waals surface area contributed by atoms with Crippen molar-refractivity contribution in [1.82, 2.24) is 29.9 Å². The largest absolute Gasteiger partial charge is 0.497 e. The van der Waals surface area contributed by atoms with Crippen LogP contribution in [0, 0.1) is 11.6 Å². The van der Waals surface area contributed by atoms with Crippen LogP contribution in [-0.4, -0.2) is 37.1 Å². The molecule has 0 aliphatic carbocycles. The lowest BCUT2D eigenvalue weighted by molar-refractivity contribution is 0.415. The number of fused-ring (bicyclic) bond motifs is 1. The molecule has 1 aromatic heterocycles. The Bertz CT molecular complexity index is 1420. The first kappa shape index (κ1) is 20.9. The van der Waals surface area contributed by atoms with Gasteiger partial charge in [0.05, 0.1) is 48.0 Å². The Labute approximate surface area is 192 Å². The lowest BCUT2D eigenvalue weighted by Gasteiger charge is -2.08. The molecule has 0 unspecified atom stereocenters. The summed E-state index contributed by atoms with van der Waals surface area (Å²) in [6, 6.07) is 12.9. The monoisotopic (exact) mass is 464 g/mol. The lowest BCUT2D eigenvalue weighted by Crippen LogP contribution is -2.07. The Morgan fingerprint density at radius 1 is 0.939 bits per heavy atom. The number of halogens is 3. The number of hydrogen-bond acceptors (Lipinski definition) is 6. The SMILES string of the molecule is COc1ccc(-c2ccc(Cn3cc4nc(-c5cccc(F)c5F)nc-4cn3)nn2)c(Cl)c1. The Hall–Kier alpha value is -3.98. The highest BCUT2D eigenvalue weighted by Gasteiger charge is 2.18. The fraction of sp³-hybridized carbons (Fsp3) is 0.0870. The summed E-state index contributed by atoms with van der Waals surface area (Å²) >= 11 is 6.31. The number of rotatable bonds is 5. The van der Waals surface area contributed by atoms with Crippen molar-refractivity contribution in [3.05, 3.63) is 83.3 Å². The van der Waals surface area contributed by atoms with E-state index in [4.69, 9.17) is 16.3 Å². The van der Waals surface area contributed by atoms with Crippen molar-refractivity contribution in [3.8, 4) is 39.8 Å². The molecular formula is C23H15ClF2N6O. The molecule has 3 heterocycles. The first-order valence-corrected chi connectivity index (χ1v) is 10.2. The van der Waals surface area contributed by atoms with Crippen molar-refractivity contribution in [2.45, 2.75) is 6.54 Å². The van der Waals surface area contributed by atoms with E-state index in [2.05, 4.69) is 25.3 Å². The van der Waals surface area contributed by atoms with Crippen LogP contribution >= 0.6 is 11.6 Å². The third-order valence-electron chi connectivity index (χ3n) is 5.00. The molecule has 2 aliphatic rings. The summed E-state index contributed by atoms with van der Waals surface area (Å²) in [7, 11) is 1.57. The lowest BCUT2D eigenvalue weighted by atomic mass is 10.1. The summed E-state index contributed by atoms with van der Waals surface area (Å²) in [5.41, 5.74) is 3.00. The van der Waals surface area contributed by atoms with E-state index in [0.717, 1.165) is 11.6 Å². The molecule has 0 fully saturated rings. The van der Waals surface area contributed by atoms with E-state index < -0.39 is 11.6 Å². The molecule has 0 saturated carbocycles. The van der Waals surface area contributed by atoms with Gasteiger partial charge in [0.25, 0.3) is 0 Å². The van der Waals surface area contributed by atoms with Gasteiger partial charge in [-0.25, -0.2) is 18.7 Å². The molecule has 0 saturated heterocycles. The fourth-order valence-corrected chi connectivity index (χ4v) is 3.60. The highest BCUT2D eigenvalue weighted by molar-refractivity contribution is 6.33. The smallest absolute Gasteiger partial charge is 0.169 e. The zero-order valence-corrected chi connectivity index (χ0v) is 18.0. The molecule has 0 spiro atoms. The Morgan fingerprint density at radius 3 is 2.55 bits per heavy atom. The van der Waals surface area contributed by atoms with Crippen LogP contribution in [0.25, 0.3) is 34.0 Å². The van der Waals surface area contributed by atoms with E-state index in [0.29, 0.717) is 40.1 Å². The Kier molecular flexibility index (Phi) is 5.39. The molecule has 0 radical (unpaired) electrons. The van der Waals surface area contributed by atoms with E-state index in [9.17, 15) is 8.78 Å². The van der Waals surface area contributed by atoms with Crippen LogP contribution in [0.4, 0.5) is 8.78 Å². The molecule has 7 nitrogen and oxygen atoms in total. The summed E-state index contributed by atoms with van der Waals surface area (Å²) in [4.78, 5) is 8.58. The van der Waals surface area contributed by atoms with Crippen LogP contribution in [-0.2, 0) is 6.54 Å². The molecule has 2 aromatic carbocycles. The minimum absolute atomic E-state index is 0.00334. The average molecular weight is 465 g/mol. The van der Waals surface area contributed by atoms with Crippen LogP contribution in [0.15, 0.2) is 60.9 Å². The van der Waals surface area contributed by atoms with Crippen molar-refractivity contribution >= 4 is 11.6 Å². The predicted octanol–water partition coefficient (Wildman–Crippen LogP) is 4.89. The van der Waals surface area contributed by atoms with Gasteiger partial charge in [0.1, 0.15) is 17.1 Å². The summed E-state index contributed by atoms with van der Waals surface area (Å²) in [6.45, 7) is 0.329. The second-order valence-corrected chi connectivity index (χ2v) is 7.55. The Morgan fingerprint density at radius 2 is 1.79 bits per heavy atom. The van der Waals surface area contributed by atoms with Crippen LogP contribution in [0.5, 0.6) is 5.75 Å². The van der Waals surface area contributed by atoms with Gasteiger partial charge in [0.2, 0.25) is 0 Å². The molecular weight excluding hydrogens is 450 g/mol. The Balaban J connectivity index is 1.38. The van der Waals surface area contributed by atoms with E-state index in [1.165, 1.54) is 18.3 Å². The number of imidazole rings is 1. The second-order valence-electron chi connectivity index (χ2n) is 7.15.